The summed E-state index contributed by atoms with van der Waals surface area (Å²) in [6.45, 7) is 2.04. The summed E-state index contributed by atoms with van der Waals surface area (Å²) in [4.78, 5) is 19.7. The van der Waals surface area contributed by atoms with E-state index in [2.05, 4.69) is 9.71 Å². The Balaban J connectivity index is 1.56. The fraction of sp³-hybridized carbons (Fsp3) is 0.250. The van der Waals surface area contributed by atoms with Gasteiger partial charge in [-0.3, -0.25) is 14.7 Å². The fourth-order valence-corrected chi connectivity index (χ4v) is 4.54. The van der Waals surface area contributed by atoms with Crippen LogP contribution in [0.4, 0.5) is 11.4 Å². The number of amides is 1. The van der Waals surface area contributed by atoms with Crippen molar-refractivity contribution in [2.45, 2.75) is 24.7 Å². The van der Waals surface area contributed by atoms with Gasteiger partial charge in [0.1, 0.15) is 0 Å². The van der Waals surface area contributed by atoms with E-state index in [9.17, 15) is 13.2 Å². The van der Waals surface area contributed by atoms with Crippen LogP contribution in [0.2, 0.25) is 0 Å². The molecule has 9 heteroatoms. The van der Waals surface area contributed by atoms with E-state index in [1.807, 2.05) is 19.1 Å². The normalized spacial score (nSPS) is 14.8. The summed E-state index contributed by atoms with van der Waals surface area (Å²) in [7, 11) is -2.15. The molecule has 2 aromatic carbocycles. The van der Waals surface area contributed by atoms with E-state index in [1.54, 1.807) is 47.5 Å². The van der Waals surface area contributed by atoms with Crippen molar-refractivity contribution < 1.29 is 22.7 Å². The van der Waals surface area contributed by atoms with E-state index in [4.69, 9.17) is 9.47 Å². The average molecular weight is 466 g/mol. The highest BCUT2D eigenvalue weighted by atomic mass is 32.2. The molecule has 1 aliphatic heterocycles. The minimum atomic E-state index is -3.52. The lowest BCUT2D eigenvalue weighted by atomic mass is 10.0. The van der Waals surface area contributed by atoms with Gasteiger partial charge in [-0.2, -0.15) is 0 Å². The van der Waals surface area contributed by atoms with Crippen LogP contribution in [-0.2, 0) is 14.8 Å². The summed E-state index contributed by atoms with van der Waals surface area (Å²) in [6.07, 6.45) is 3.42. The number of fused-ring (bicyclic) bond motifs is 1. The Morgan fingerprint density at radius 1 is 1.03 bits per heavy atom. The van der Waals surface area contributed by atoms with Gasteiger partial charge >= 0.3 is 0 Å². The van der Waals surface area contributed by atoms with Crippen LogP contribution in [0.25, 0.3) is 11.1 Å². The molecule has 2 aliphatic rings. The molecule has 33 heavy (non-hydrogen) atoms. The molecule has 2 heterocycles. The molecular formula is C24H23N3O5S. The van der Waals surface area contributed by atoms with Gasteiger partial charge in [-0.1, -0.05) is 12.1 Å². The van der Waals surface area contributed by atoms with Gasteiger partial charge in [0.2, 0.25) is 22.7 Å². The largest absolute Gasteiger partial charge is 0.454 e. The summed E-state index contributed by atoms with van der Waals surface area (Å²) in [6, 6.07) is 13.9. The monoisotopic (exact) mass is 465 g/mol. The summed E-state index contributed by atoms with van der Waals surface area (Å²) in [5.41, 5.74) is 3.71. The summed E-state index contributed by atoms with van der Waals surface area (Å²) in [5, 5.41) is 0. The molecule has 0 saturated heterocycles. The van der Waals surface area contributed by atoms with Crippen LogP contribution >= 0.6 is 0 Å². The van der Waals surface area contributed by atoms with Crippen LogP contribution in [0.5, 0.6) is 11.5 Å². The second kappa shape index (κ2) is 8.17. The molecule has 1 aliphatic carbocycles. The molecule has 0 spiro atoms. The van der Waals surface area contributed by atoms with Gasteiger partial charge in [-0.05, 0) is 62.7 Å². The first kappa shape index (κ1) is 21.4. The van der Waals surface area contributed by atoms with Crippen molar-refractivity contribution in [2.24, 2.45) is 5.92 Å². The Hall–Kier alpha value is -3.43. The molecule has 1 fully saturated rings. The molecule has 0 atom stereocenters. The van der Waals surface area contributed by atoms with E-state index < -0.39 is 10.0 Å². The number of nitrogens with one attached hydrogen (secondary N) is 1. The summed E-state index contributed by atoms with van der Waals surface area (Å²) in [5.74, 6) is 1.26. The molecule has 1 saturated carbocycles. The summed E-state index contributed by atoms with van der Waals surface area (Å²) >= 11 is 0. The van der Waals surface area contributed by atoms with Gasteiger partial charge in [0.25, 0.3) is 0 Å². The Bertz CT molecular complexity index is 1330. The lowest BCUT2D eigenvalue weighted by Gasteiger charge is -2.24. The number of ether oxygens (including phenoxy) is 2. The Morgan fingerprint density at radius 2 is 1.76 bits per heavy atom. The number of aryl methyl sites for hydroxylation is 1. The number of hydrogen-bond donors (Lipinski definition) is 1. The highest BCUT2D eigenvalue weighted by Crippen LogP contribution is 2.41. The van der Waals surface area contributed by atoms with E-state index in [0.29, 0.717) is 22.9 Å². The van der Waals surface area contributed by atoms with Crippen LogP contribution in [0.15, 0.2) is 59.6 Å². The van der Waals surface area contributed by atoms with Crippen molar-refractivity contribution in [3.63, 3.8) is 0 Å². The standard InChI is InChI=1S/C24H23N3O5S/c1-15-21(16-5-8-20(9-6-16)33(29,30)25-2)11-19(13-26-15)27(24(28)17-3-4-17)18-7-10-22-23(12-18)32-14-31-22/h5-13,17,25H,3-4,14H2,1-2H3. The van der Waals surface area contributed by atoms with Gasteiger partial charge in [-0.25, -0.2) is 13.1 Å². The number of rotatable bonds is 6. The number of carbonyl (C=O) groups excluding carboxylic acids is 1. The van der Waals surface area contributed by atoms with E-state index in [-0.39, 0.29) is 23.5 Å². The van der Waals surface area contributed by atoms with Crippen LogP contribution in [0.3, 0.4) is 0 Å². The second-order valence-corrected chi connectivity index (χ2v) is 9.93. The zero-order valence-electron chi connectivity index (χ0n) is 18.2. The van der Waals surface area contributed by atoms with Gasteiger partial charge in [0.15, 0.2) is 11.5 Å². The average Bonchev–Trinajstić information content (AvgIpc) is 3.58. The molecule has 0 radical (unpaired) electrons. The number of anilines is 2. The van der Waals surface area contributed by atoms with Crippen molar-refractivity contribution in [1.82, 2.24) is 9.71 Å². The molecule has 3 aromatic rings. The first-order valence-corrected chi connectivity index (χ1v) is 12.1. The van der Waals surface area contributed by atoms with Crippen LogP contribution in [0.1, 0.15) is 18.5 Å². The van der Waals surface area contributed by atoms with Crippen LogP contribution in [-0.4, -0.2) is 33.1 Å². The van der Waals surface area contributed by atoms with Gasteiger partial charge in [-0.15, -0.1) is 0 Å². The predicted octanol–water partition coefficient (Wildman–Crippen LogP) is 3.77. The molecule has 170 valence electrons. The number of carbonyl (C=O) groups is 1. The lowest BCUT2D eigenvalue weighted by Crippen LogP contribution is -2.27. The Labute approximate surface area is 192 Å². The highest BCUT2D eigenvalue weighted by molar-refractivity contribution is 7.89. The number of aromatic nitrogens is 1. The summed E-state index contributed by atoms with van der Waals surface area (Å²) < 4.78 is 37.3. The quantitative estimate of drug-likeness (QED) is 0.595. The van der Waals surface area contributed by atoms with E-state index >= 15 is 0 Å². The maximum Gasteiger partial charge on any atom is 0.240 e. The number of nitrogens with zero attached hydrogens (tertiary/aromatic N) is 2. The molecule has 0 unspecified atom stereocenters. The number of hydrogen-bond acceptors (Lipinski definition) is 6. The van der Waals surface area contributed by atoms with Crippen molar-refractivity contribution >= 4 is 27.3 Å². The molecule has 1 aromatic heterocycles. The number of pyridine rings is 1. The third-order valence-electron chi connectivity index (χ3n) is 5.84. The Morgan fingerprint density at radius 3 is 2.45 bits per heavy atom. The predicted molar refractivity (Wildman–Crippen MR) is 123 cm³/mol. The molecule has 8 nitrogen and oxygen atoms in total. The Kier molecular flexibility index (Phi) is 5.30. The zero-order chi connectivity index (χ0) is 23.2. The fourth-order valence-electron chi connectivity index (χ4n) is 3.81. The van der Waals surface area contributed by atoms with Crippen molar-refractivity contribution in [3.8, 4) is 22.6 Å². The van der Waals surface area contributed by atoms with Crippen LogP contribution in [0, 0.1) is 12.8 Å². The molecule has 1 amide bonds. The molecule has 1 N–H and O–H groups in total. The molecular weight excluding hydrogens is 442 g/mol. The van der Waals surface area contributed by atoms with E-state index in [0.717, 1.165) is 29.7 Å². The number of sulfonamides is 1. The smallest absolute Gasteiger partial charge is 0.240 e. The highest BCUT2D eigenvalue weighted by Gasteiger charge is 2.35. The maximum absolute atomic E-state index is 13.3. The van der Waals surface area contributed by atoms with E-state index in [1.165, 1.54) is 7.05 Å². The maximum atomic E-state index is 13.3. The lowest BCUT2D eigenvalue weighted by molar-refractivity contribution is -0.119. The second-order valence-electron chi connectivity index (χ2n) is 8.04. The van der Waals surface area contributed by atoms with Gasteiger partial charge < -0.3 is 9.47 Å². The SMILES string of the molecule is CNS(=O)(=O)c1ccc(-c2cc(N(C(=O)C3CC3)c3ccc4c(c3)OCO4)cnc2C)cc1. The number of benzene rings is 2. The minimum Gasteiger partial charge on any atom is -0.454 e. The molecule has 0 bridgehead atoms. The van der Waals surface area contributed by atoms with Crippen molar-refractivity contribution in [2.75, 3.05) is 18.7 Å². The van der Waals surface area contributed by atoms with Crippen LogP contribution < -0.4 is 19.1 Å². The van der Waals surface area contributed by atoms with Gasteiger partial charge in [0.05, 0.1) is 22.5 Å². The first-order chi connectivity index (χ1) is 15.9. The van der Waals surface area contributed by atoms with Crippen molar-refractivity contribution in [1.29, 1.82) is 0 Å². The van der Waals surface area contributed by atoms with Gasteiger partial charge in [0, 0.05) is 23.2 Å². The topological polar surface area (TPSA) is 97.8 Å². The minimum absolute atomic E-state index is 0.00814. The zero-order valence-corrected chi connectivity index (χ0v) is 19.1. The third kappa shape index (κ3) is 4.05. The third-order valence-corrected chi connectivity index (χ3v) is 7.27. The molecule has 5 rings (SSSR count). The first-order valence-electron chi connectivity index (χ1n) is 10.6. The van der Waals surface area contributed by atoms with Crippen molar-refractivity contribution in [3.05, 3.63) is 60.4 Å².